The molecule has 1 heterocycles. The number of para-hydroxylation sites is 1. The summed E-state index contributed by atoms with van der Waals surface area (Å²) in [5.41, 5.74) is 4.28. The molecule has 1 aliphatic heterocycles. The van der Waals surface area contributed by atoms with E-state index in [1.807, 2.05) is 79.7 Å². The summed E-state index contributed by atoms with van der Waals surface area (Å²) in [6.07, 6.45) is 1.87. The van der Waals surface area contributed by atoms with Gasteiger partial charge in [-0.05, 0) is 42.3 Å². The maximum atomic E-state index is 12.4. The van der Waals surface area contributed by atoms with Crippen LogP contribution in [0.2, 0.25) is 0 Å². The fourth-order valence-electron chi connectivity index (χ4n) is 3.22. The second-order valence-electron chi connectivity index (χ2n) is 6.59. The number of amides is 1. The van der Waals surface area contributed by atoms with Gasteiger partial charge in [0.1, 0.15) is 6.61 Å². The monoisotopic (exact) mass is 449 g/mol. The smallest absolute Gasteiger partial charge is 0.256 e. The van der Waals surface area contributed by atoms with E-state index in [0.717, 1.165) is 26.9 Å². The van der Waals surface area contributed by atoms with Gasteiger partial charge >= 0.3 is 0 Å². The Morgan fingerprint density at radius 2 is 1.69 bits per heavy atom. The highest BCUT2D eigenvalue weighted by atomic mass is 79.9. The molecule has 0 bridgehead atoms. The molecular formula is C24H20BrNO3. The SMILES string of the molecule is CCOc1cc(C=C2C(=O)Nc3ccccc32)c(Br)cc1OCc1ccccc1. The van der Waals surface area contributed by atoms with E-state index in [2.05, 4.69) is 21.2 Å². The molecule has 1 amide bonds. The highest BCUT2D eigenvalue weighted by Gasteiger charge is 2.24. The number of benzene rings is 3. The van der Waals surface area contributed by atoms with Crippen molar-refractivity contribution in [2.45, 2.75) is 13.5 Å². The van der Waals surface area contributed by atoms with Gasteiger partial charge in [-0.15, -0.1) is 0 Å². The van der Waals surface area contributed by atoms with Crippen molar-refractivity contribution in [3.63, 3.8) is 0 Å². The minimum atomic E-state index is -0.111. The van der Waals surface area contributed by atoms with Gasteiger partial charge in [0.25, 0.3) is 5.91 Å². The van der Waals surface area contributed by atoms with Crippen LogP contribution in [-0.2, 0) is 11.4 Å². The van der Waals surface area contributed by atoms with Crippen LogP contribution in [0.5, 0.6) is 11.5 Å². The topological polar surface area (TPSA) is 47.6 Å². The van der Waals surface area contributed by atoms with E-state index >= 15 is 0 Å². The largest absolute Gasteiger partial charge is 0.490 e. The lowest BCUT2D eigenvalue weighted by molar-refractivity contribution is -0.110. The minimum Gasteiger partial charge on any atom is -0.490 e. The quantitative estimate of drug-likeness (QED) is 0.475. The van der Waals surface area contributed by atoms with Crippen molar-refractivity contribution in [3.8, 4) is 11.5 Å². The van der Waals surface area contributed by atoms with Gasteiger partial charge in [-0.2, -0.15) is 0 Å². The summed E-state index contributed by atoms with van der Waals surface area (Å²) in [4.78, 5) is 12.4. The Morgan fingerprint density at radius 3 is 2.48 bits per heavy atom. The van der Waals surface area contributed by atoms with Crippen LogP contribution in [0.1, 0.15) is 23.6 Å². The molecule has 5 heteroatoms. The number of halogens is 1. The zero-order valence-corrected chi connectivity index (χ0v) is 17.5. The minimum absolute atomic E-state index is 0.111. The van der Waals surface area contributed by atoms with Crippen molar-refractivity contribution in [1.82, 2.24) is 0 Å². The third kappa shape index (κ3) is 4.20. The Kier molecular flexibility index (Phi) is 5.67. The lowest BCUT2D eigenvalue weighted by atomic mass is 10.0. The van der Waals surface area contributed by atoms with Gasteiger partial charge < -0.3 is 14.8 Å². The Hall–Kier alpha value is -3.05. The molecule has 0 fully saturated rings. The van der Waals surface area contributed by atoms with E-state index in [9.17, 15) is 4.79 Å². The third-order valence-corrected chi connectivity index (χ3v) is 5.30. The maximum Gasteiger partial charge on any atom is 0.256 e. The van der Waals surface area contributed by atoms with Crippen LogP contribution in [0.3, 0.4) is 0 Å². The molecule has 4 nitrogen and oxygen atoms in total. The molecule has 0 saturated carbocycles. The van der Waals surface area contributed by atoms with Crippen LogP contribution in [0, 0.1) is 0 Å². The van der Waals surface area contributed by atoms with Gasteiger partial charge in [0, 0.05) is 21.3 Å². The average molecular weight is 450 g/mol. The van der Waals surface area contributed by atoms with Crippen molar-refractivity contribution < 1.29 is 14.3 Å². The van der Waals surface area contributed by atoms with Crippen molar-refractivity contribution in [2.24, 2.45) is 0 Å². The zero-order valence-electron chi connectivity index (χ0n) is 15.9. The lowest BCUT2D eigenvalue weighted by Gasteiger charge is -2.14. The Labute approximate surface area is 178 Å². The molecule has 1 aliphatic rings. The molecule has 3 aromatic carbocycles. The molecule has 0 spiro atoms. The Balaban J connectivity index is 1.67. The van der Waals surface area contributed by atoms with E-state index in [0.29, 0.717) is 30.3 Å². The van der Waals surface area contributed by atoms with Crippen LogP contribution in [0.15, 0.2) is 71.2 Å². The van der Waals surface area contributed by atoms with Gasteiger partial charge in [-0.25, -0.2) is 0 Å². The molecule has 0 aromatic heterocycles. The normalized spacial score (nSPS) is 13.9. The van der Waals surface area contributed by atoms with Gasteiger partial charge in [-0.1, -0.05) is 64.5 Å². The molecular weight excluding hydrogens is 430 g/mol. The van der Waals surface area contributed by atoms with Crippen LogP contribution in [0.25, 0.3) is 11.6 Å². The number of rotatable bonds is 6. The van der Waals surface area contributed by atoms with E-state index in [4.69, 9.17) is 9.47 Å². The Morgan fingerprint density at radius 1 is 0.966 bits per heavy atom. The molecule has 0 unspecified atom stereocenters. The van der Waals surface area contributed by atoms with Crippen LogP contribution >= 0.6 is 15.9 Å². The van der Waals surface area contributed by atoms with Crippen LogP contribution < -0.4 is 14.8 Å². The summed E-state index contributed by atoms with van der Waals surface area (Å²) >= 11 is 3.61. The van der Waals surface area contributed by atoms with Gasteiger partial charge in [0.05, 0.1) is 6.61 Å². The summed E-state index contributed by atoms with van der Waals surface area (Å²) in [5, 5.41) is 2.90. The number of ether oxygens (including phenoxy) is 2. The van der Waals surface area contributed by atoms with Gasteiger partial charge in [-0.3, -0.25) is 4.79 Å². The fraction of sp³-hybridized carbons (Fsp3) is 0.125. The standard InChI is InChI=1S/C24H20BrNO3/c1-2-28-22-13-17(12-19-18-10-6-7-11-21(18)26-24(19)27)20(25)14-23(22)29-15-16-8-4-3-5-9-16/h3-14H,2,15H2,1H3,(H,26,27). The number of carbonyl (C=O) groups is 1. The first-order chi connectivity index (χ1) is 14.2. The average Bonchev–Trinajstić information content (AvgIpc) is 3.05. The molecule has 0 aliphatic carbocycles. The highest BCUT2D eigenvalue weighted by Crippen LogP contribution is 2.38. The molecule has 29 heavy (non-hydrogen) atoms. The zero-order chi connectivity index (χ0) is 20.2. The van der Waals surface area contributed by atoms with Crippen molar-refractivity contribution in [1.29, 1.82) is 0 Å². The summed E-state index contributed by atoms with van der Waals surface area (Å²) < 4.78 is 12.6. The molecule has 4 rings (SSSR count). The maximum absolute atomic E-state index is 12.4. The molecule has 0 atom stereocenters. The molecule has 0 saturated heterocycles. The first-order valence-corrected chi connectivity index (χ1v) is 10.2. The number of nitrogens with one attached hydrogen (secondary N) is 1. The van der Waals surface area contributed by atoms with E-state index < -0.39 is 0 Å². The molecule has 146 valence electrons. The number of hydrogen-bond acceptors (Lipinski definition) is 3. The number of fused-ring (bicyclic) bond motifs is 1. The summed E-state index contributed by atoms with van der Waals surface area (Å²) in [6, 6.07) is 21.4. The number of anilines is 1. The predicted octanol–water partition coefficient (Wildman–Crippen LogP) is 5.92. The van der Waals surface area contributed by atoms with E-state index in [-0.39, 0.29) is 5.91 Å². The summed E-state index contributed by atoms with van der Waals surface area (Å²) in [6.45, 7) is 2.90. The van der Waals surface area contributed by atoms with Gasteiger partial charge in [0.15, 0.2) is 11.5 Å². The molecule has 0 radical (unpaired) electrons. The summed E-state index contributed by atoms with van der Waals surface area (Å²) in [5.74, 6) is 1.19. The van der Waals surface area contributed by atoms with E-state index in [1.165, 1.54) is 0 Å². The first kappa shape index (κ1) is 19.3. The highest BCUT2D eigenvalue weighted by molar-refractivity contribution is 9.10. The Bertz CT molecular complexity index is 1080. The molecule has 3 aromatic rings. The summed E-state index contributed by atoms with van der Waals surface area (Å²) in [7, 11) is 0. The van der Waals surface area contributed by atoms with Crippen LogP contribution in [-0.4, -0.2) is 12.5 Å². The van der Waals surface area contributed by atoms with Crippen molar-refractivity contribution in [3.05, 3.63) is 87.9 Å². The second kappa shape index (κ2) is 8.53. The van der Waals surface area contributed by atoms with Crippen molar-refractivity contribution in [2.75, 3.05) is 11.9 Å². The van der Waals surface area contributed by atoms with Crippen molar-refractivity contribution >= 4 is 39.2 Å². The lowest BCUT2D eigenvalue weighted by Crippen LogP contribution is -2.04. The first-order valence-electron chi connectivity index (χ1n) is 9.41. The third-order valence-electron chi connectivity index (χ3n) is 4.61. The second-order valence-corrected chi connectivity index (χ2v) is 7.44. The predicted molar refractivity (Wildman–Crippen MR) is 119 cm³/mol. The van der Waals surface area contributed by atoms with Crippen LogP contribution in [0.4, 0.5) is 5.69 Å². The number of carbonyl (C=O) groups excluding carboxylic acids is 1. The fourth-order valence-corrected chi connectivity index (χ4v) is 3.65. The molecule has 1 N–H and O–H groups in total. The number of hydrogen-bond donors (Lipinski definition) is 1. The van der Waals surface area contributed by atoms with E-state index in [1.54, 1.807) is 0 Å². The van der Waals surface area contributed by atoms with Gasteiger partial charge in [0.2, 0.25) is 0 Å².